The van der Waals surface area contributed by atoms with Crippen molar-refractivity contribution in [2.24, 2.45) is 21.9 Å². The molecule has 2 aromatic rings. The Bertz CT molecular complexity index is 1270. The lowest BCUT2D eigenvalue weighted by Crippen LogP contribution is -2.58. The predicted molar refractivity (Wildman–Crippen MR) is 162 cm³/mol. The van der Waals surface area contributed by atoms with Crippen molar-refractivity contribution in [1.29, 1.82) is 0 Å². The van der Waals surface area contributed by atoms with Gasteiger partial charge in [-0.3, -0.25) is 4.98 Å². The second kappa shape index (κ2) is 12.6. The van der Waals surface area contributed by atoms with E-state index in [9.17, 15) is 0 Å². The highest BCUT2D eigenvalue weighted by Gasteiger charge is 2.47. The summed E-state index contributed by atoms with van der Waals surface area (Å²) in [5.41, 5.74) is 12.7. The summed E-state index contributed by atoms with van der Waals surface area (Å²) in [6, 6.07) is 2.12. The minimum Gasteiger partial charge on any atom is -0.381 e. The van der Waals surface area contributed by atoms with E-state index in [1.807, 2.05) is 12.3 Å². The maximum absolute atomic E-state index is 6.86. The number of nitrogens with one attached hydrogen (secondary N) is 2. The van der Waals surface area contributed by atoms with E-state index in [0.29, 0.717) is 29.9 Å². The average molecular weight is 623 g/mol. The Hall–Kier alpha value is -2.19. The van der Waals surface area contributed by atoms with Crippen LogP contribution in [0.1, 0.15) is 38.3 Å². The lowest BCUT2D eigenvalue weighted by molar-refractivity contribution is 0.0869. The first-order valence-electron chi connectivity index (χ1n) is 13.8. The highest BCUT2D eigenvalue weighted by molar-refractivity contribution is 7.99. The van der Waals surface area contributed by atoms with Gasteiger partial charge >= 0.3 is 0 Å². The fourth-order valence-electron chi connectivity index (χ4n) is 5.82. The van der Waals surface area contributed by atoms with Gasteiger partial charge in [-0.05, 0) is 44.7 Å². The summed E-state index contributed by atoms with van der Waals surface area (Å²) in [6.07, 6.45) is 12.7. The van der Waals surface area contributed by atoms with Gasteiger partial charge in [-0.15, -0.1) is 12.4 Å². The van der Waals surface area contributed by atoms with Crippen molar-refractivity contribution in [3.8, 4) is 0 Å². The normalized spacial score (nSPS) is 28.8. The molecule has 14 heteroatoms. The smallest absolute Gasteiger partial charge is 0.197 e. The van der Waals surface area contributed by atoms with Gasteiger partial charge in [-0.2, -0.15) is 0 Å². The van der Waals surface area contributed by atoms with Crippen LogP contribution < -0.4 is 27.0 Å². The van der Waals surface area contributed by atoms with E-state index < -0.39 is 5.66 Å². The largest absolute Gasteiger partial charge is 0.381 e. The highest BCUT2D eigenvalue weighted by Crippen LogP contribution is 2.42. The monoisotopic (exact) mass is 621 g/mol. The van der Waals surface area contributed by atoms with Crippen molar-refractivity contribution < 1.29 is 9.47 Å². The summed E-state index contributed by atoms with van der Waals surface area (Å²) in [6.45, 7) is 6.01. The molecule has 41 heavy (non-hydrogen) atoms. The van der Waals surface area contributed by atoms with Crippen LogP contribution in [0.25, 0.3) is 0 Å². The van der Waals surface area contributed by atoms with Gasteiger partial charge in [-0.25, -0.2) is 15.0 Å². The van der Waals surface area contributed by atoms with Crippen molar-refractivity contribution >= 4 is 47.5 Å². The molecule has 6 rings (SSSR count). The lowest BCUT2D eigenvalue weighted by atomic mass is 9.73. The first kappa shape index (κ1) is 30.3. The third-order valence-corrected chi connectivity index (χ3v) is 9.87. The van der Waals surface area contributed by atoms with Crippen LogP contribution >= 0.6 is 35.8 Å². The van der Waals surface area contributed by atoms with Gasteiger partial charge in [0.15, 0.2) is 11.6 Å². The van der Waals surface area contributed by atoms with Crippen LogP contribution in [0.4, 0.5) is 5.82 Å². The molecule has 1 unspecified atom stereocenters. The predicted octanol–water partition coefficient (Wildman–Crippen LogP) is 2.78. The molecule has 11 nitrogen and oxygen atoms in total. The van der Waals surface area contributed by atoms with Gasteiger partial charge in [0.25, 0.3) is 0 Å². The first-order valence-corrected chi connectivity index (χ1v) is 15.0. The van der Waals surface area contributed by atoms with Gasteiger partial charge in [0.05, 0.1) is 36.2 Å². The van der Waals surface area contributed by atoms with Crippen LogP contribution in [0.15, 0.2) is 51.8 Å². The number of ether oxygens (including phenoxy) is 2. The molecule has 0 radical (unpaired) electrons. The molecule has 2 aromatic heterocycles. The van der Waals surface area contributed by atoms with Crippen LogP contribution in [-0.2, 0) is 15.1 Å². The molecule has 4 aliphatic rings. The van der Waals surface area contributed by atoms with E-state index in [1.165, 1.54) is 11.8 Å². The number of hydrogen-bond donors (Lipinski definition) is 4. The molecule has 0 aliphatic carbocycles. The number of hydrogen-bond acceptors (Lipinski definition) is 10. The van der Waals surface area contributed by atoms with Crippen molar-refractivity contribution in [3.05, 3.63) is 47.6 Å². The Labute approximate surface area is 255 Å². The number of rotatable bonds is 5. The average Bonchev–Trinajstić information content (AvgIpc) is 3.24. The zero-order valence-corrected chi connectivity index (χ0v) is 25.4. The molecular weight excluding hydrogens is 585 g/mol. The van der Waals surface area contributed by atoms with Crippen LogP contribution in [0.2, 0.25) is 5.02 Å². The Morgan fingerprint density at radius 3 is 2.63 bits per heavy atom. The standard InChI is InChI=1S/C27H36ClN9O2S.ClH/c1-17-23(29)26(16-39-17)6-10-37(11-7-26)20-14-34-21(15-33-20)40-19-2-8-31-24(22(19)28)27(30)5-9-32-25(36-27)35-18-3-12-38-13-4-18;/h2,5,8-9,14-15,17-18,23H,3-4,6-7,10-13,16,29-30H2,1H3,(H2,32,35,36);1H/t17-,23+,27?;/m0./s1. The van der Waals surface area contributed by atoms with Gasteiger partial charge in [0, 0.05) is 55.1 Å². The van der Waals surface area contributed by atoms with Gasteiger partial charge in [0.1, 0.15) is 16.5 Å². The number of aromatic nitrogens is 3. The maximum Gasteiger partial charge on any atom is 0.197 e. The molecule has 222 valence electrons. The Morgan fingerprint density at radius 1 is 1.17 bits per heavy atom. The van der Waals surface area contributed by atoms with Crippen molar-refractivity contribution in [3.63, 3.8) is 0 Å². The molecule has 4 aliphatic heterocycles. The van der Waals surface area contributed by atoms with Gasteiger partial charge in [-0.1, -0.05) is 23.4 Å². The van der Waals surface area contributed by atoms with Crippen LogP contribution in [0.5, 0.6) is 0 Å². The second-order valence-electron chi connectivity index (χ2n) is 11.0. The molecule has 0 bridgehead atoms. The summed E-state index contributed by atoms with van der Waals surface area (Å²) < 4.78 is 11.3. The molecule has 0 saturated carbocycles. The summed E-state index contributed by atoms with van der Waals surface area (Å²) in [7, 11) is 0. The van der Waals surface area contributed by atoms with E-state index in [0.717, 1.165) is 61.1 Å². The number of nitrogens with two attached hydrogens (primary N) is 2. The number of aliphatic imine (C=N–C) groups is 1. The van der Waals surface area contributed by atoms with Crippen LogP contribution in [0.3, 0.4) is 0 Å². The van der Waals surface area contributed by atoms with Gasteiger partial charge in [0.2, 0.25) is 0 Å². The zero-order chi connectivity index (χ0) is 27.7. The van der Waals surface area contributed by atoms with Crippen molar-refractivity contribution in [1.82, 2.24) is 25.6 Å². The molecule has 0 amide bonds. The summed E-state index contributed by atoms with van der Waals surface area (Å²) in [4.78, 5) is 21.8. The molecule has 1 spiro atoms. The Kier molecular flexibility index (Phi) is 9.29. The van der Waals surface area contributed by atoms with Crippen LogP contribution in [0, 0.1) is 5.41 Å². The SMILES string of the molecule is C[C@@H]1OCC2(CCN(c3cnc(Sc4ccnc(C5(N)C=CNC(=NC6CCOCC6)N5)c4Cl)cn3)CC2)[C@@H]1N.Cl. The topological polar surface area (TPSA) is 149 Å². The fourth-order valence-corrected chi connectivity index (χ4v) is 6.95. The number of halogens is 2. The minimum atomic E-state index is -1.12. The Morgan fingerprint density at radius 2 is 1.95 bits per heavy atom. The fraction of sp³-hybridized carbons (Fsp3) is 0.556. The van der Waals surface area contributed by atoms with Crippen molar-refractivity contribution in [2.75, 3.05) is 37.8 Å². The zero-order valence-electron chi connectivity index (χ0n) is 23.0. The third-order valence-electron chi connectivity index (χ3n) is 8.40. The van der Waals surface area contributed by atoms with E-state index in [-0.39, 0.29) is 36.0 Å². The number of pyridine rings is 1. The number of anilines is 1. The molecule has 6 N–H and O–H groups in total. The maximum atomic E-state index is 6.86. The van der Waals surface area contributed by atoms with E-state index in [1.54, 1.807) is 24.7 Å². The van der Waals surface area contributed by atoms with E-state index in [4.69, 9.17) is 42.5 Å². The van der Waals surface area contributed by atoms with Crippen molar-refractivity contribution in [2.45, 2.75) is 66.4 Å². The highest BCUT2D eigenvalue weighted by atomic mass is 35.5. The van der Waals surface area contributed by atoms with Crippen LogP contribution in [-0.4, -0.2) is 72.0 Å². The summed E-state index contributed by atoms with van der Waals surface area (Å²) in [5, 5.41) is 7.61. The molecule has 3 atom stereocenters. The first-order chi connectivity index (χ1) is 19.4. The third kappa shape index (κ3) is 6.29. The molecule has 3 saturated heterocycles. The summed E-state index contributed by atoms with van der Waals surface area (Å²) in [5.74, 6) is 1.46. The van der Waals surface area contributed by atoms with E-state index in [2.05, 4.69) is 32.4 Å². The molecule has 0 aromatic carbocycles. The van der Waals surface area contributed by atoms with E-state index >= 15 is 0 Å². The van der Waals surface area contributed by atoms with Gasteiger partial charge < -0.3 is 36.5 Å². The molecular formula is C27H37Cl2N9O2S. The molecule has 3 fully saturated rings. The Balaban J connectivity index is 0.00000337. The number of piperidine rings is 1. The number of guanidine groups is 1. The molecule has 6 heterocycles. The lowest BCUT2D eigenvalue weighted by Gasteiger charge is -2.41. The quantitative estimate of drug-likeness (QED) is 0.390. The second-order valence-corrected chi connectivity index (χ2v) is 12.4. The summed E-state index contributed by atoms with van der Waals surface area (Å²) >= 11 is 8.29. The minimum absolute atomic E-state index is 0. The number of nitrogens with zero attached hydrogens (tertiary/aromatic N) is 5.